The number of rotatable bonds is 6. The van der Waals surface area contributed by atoms with Gasteiger partial charge in [-0.05, 0) is 33.7 Å². The lowest BCUT2D eigenvalue weighted by molar-refractivity contribution is -0.148. The minimum absolute atomic E-state index is 0.301. The van der Waals surface area contributed by atoms with Crippen LogP contribution < -0.4 is 5.32 Å². The number of hydrogen-bond donors (Lipinski definition) is 1. The molecule has 5 nitrogen and oxygen atoms in total. The van der Waals surface area contributed by atoms with Crippen molar-refractivity contribution in [2.45, 2.75) is 46.2 Å². The van der Waals surface area contributed by atoms with Gasteiger partial charge in [0.25, 0.3) is 0 Å². The number of esters is 1. The number of aromatic nitrogens is 2. The van der Waals surface area contributed by atoms with Crippen molar-refractivity contribution in [3.05, 3.63) is 16.4 Å². The maximum Gasteiger partial charge on any atom is 0.327 e. The molecule has 1 N–H and O–H groups in total. The third-order valence-electron chi connectivity index (χ3n) is 3.16. The molecule has 1 unspecified atom stereocenters. The third kappa shape index (κ3) is 3.48. The van der Waals surface area contributed by atoms with Crippen LogP contribution in [0.3, 0.4) is 0 Å². The normalized spacial score (nSPS) is 14.2. The fourth-order valence-electron chi connectivity index (χ4n) is 1.95. The largest absolute Gasteiger partial charge is 0.468 e. The second-order valence-corrected chi connectivity index (χ2v) is 5.27. The van der Waals surface area contributed by atoms with Crippen molar-refractivity contribution in [3.63, 3.8) is 0 Å². The van der Waals surface area contributed by atoms with Gasteiger partial charge in [0.15, 0.2) is 0 Å². The van der Waals surface area contributed by atoms with Gasteiger partial charge < -0.3 is 10.1 Å². The minimum atomic E-state index is -0.808. The molecule has 1 aromatic rings. The lowest BCUT2D eigenvalue weighted by Crippen LogP contribution is -2.53. The first kappa shape index (κ1) is 16.0. The first-order valence-corrected chi connectivity index (χ1v) is 6.76. The van der Waals surface area contributed by atoms with Gasteiger partial charge in [-0.2, -0.15) is 5.10 Å². The van der Waals surface area contributed by atoms with Gasteiger partial charge in [-0.15, -0.1) is 0 Å². The Morgan fingerprint density at radius 1 is 1.53 bits per heavy atom. The van der Waals surface area contributed by atoms with Gasteiger partial charge in [-0.1, -0.05) is 18.5 Å². The van der Waals surface area contributed by atoms with Crippen LogP contribution in [-0.2, 0) is 16.1 Å². The molecule has 0 aliphatic rings. The molecule has 0 aliphatic heterocycles. The predicted molar refractivity (Wildman–Crippen MR) is 75.4 cm³/mol. The number of methoxy groups -OCH3 is 1. The van der Waals surface area contributed by atoms with E-state index in [1.165, 1.54) is 7.11 Å². The summed E-state index contributed by atoms with van der Waals surface area (Å²) in [5, 5.41) is 8.22. The fraction of sp³-hybridized carbons (Fsp3) is 0.692. The van der Waals surface area contributed by atoms with Crippen molar-refractivity contribution in [2.75, 3.05) is 13.7 Å². The molecule has 6 heteroatoms. The molecule has 0 bridgehead atoms. The highest BCUT2D eigenvalue weighted by atomic mass is 35.5. The molecule has 19 heavy (non-hydrogen) atoms. The Hall–Kier alpha value is -1.07. The number of carbonyl (C=O) groups excluding carboxylic acids is 1. The molecule has 0 spiro atoms. The summed E-state index contributed by atoms with van der Waals surface area (Å²) in [4.78, 5) is 12.0. The number of ether oxygens (including phenoxy) is 1. The van der Waals surface area contributed by atoms with Gasteiger partial charge in [0.05, 0.1) is 30.1 Å². The molecule has 0 amide bonds. The molecule has 1 rings (SSSR count). The van der Waals surface area contributed by atoms with Crippen LogP contribution in [0.5, 0.6) is 0 Å². The quantitative estimate of drug-likeness (QED) is 0.814. The van der Waals surface area contributed by atoms with Crippen LogP contribution in [0, 0.1) is 13.8 Å². The van der Waals surface area contributed by atoms with Crippen LogP contribution in [0.2, 0.25) is 5.02 Å². The number of carbonyl (C=O) groups is 1. The standard InChI is InChI=1S/C13H22ClN3O2/c1-6-7-15-13(4,12(18)19-5)8-17-10(3)11(14)9(2)16-17/h15H,6-8H2,1-5H3. The van der Waals surface area contributed by atoms with Crippen molar-refractivity contribution < 1.29 is 9.53 Å². The van der Waals surface area contributed by atoms with Crippen LogP contribution in [-0.4, -0.2) is 34.9 Å². The minimum Gasteiger partial charge on any atom is -0.468 e. The van der Waals surface area contributed by atoms with Crippen molar-refractivity contribution in [1.82, 2.24) is 15.1 Å². The number of nitrogens with one attached hydrogen (secondary N) is 1. The van der Waals surface area contributed by atoms with E-state index in [0.717, 1.165) is 24.4 Å². The first-order valence-electron chi connectivity index (χ1n) is 6.38. The summed E-state index contributed by atoms with van der Waals surface area (Å²) < 4.78 is 6.63. The van der Waals surface area contributed by atoms with E-state index < -0.39 is 5.54 Å². The van der Waals surface area contributed by atoms with Crippen LogP contribution in [0.25, 0.3) is 0 Å². The summed E-state index contributed by atoms with van der Waals surface area (Å²) in [6, 6.07) is 0. The summed E-state index contributed by atoms with van der Waals surface area (Å²) in [5.41, 5.74) is 0.812. The Bertz CT molecular complexity index is 459. The molecule has 0 aliphatic carbocycles. The van der Waals surface area contributed by atoms with Crippen LogP contribution >= 0.6 is 11.6 Å². The Morgan fingerprint density at radius 2 is 2.16 bits per heavy atom. The van der Waals surface area contributed by atoms with E-state index in [-0.39, 0.29) is 5.97 Å². The molecule has 1 heterocycles. The first-order chi connectivity index (χ1) is 8.85. The second kappa shape index (κ2) is 6.39. The molecular formula is C13H22ClN3O2. The molecule has 0 saturated carbocycles. The smallest absolute Gasteiger partial charge is 0.327 e. The monoisotopic (exact) mass is 287 g/mol. The van der Waals surface area contributed by atoms with Gasteiger partial charge in [0.1, 0.15) is 5.54 Å². The van der Waals surface area contributed by atoms with Gasteiger partial charge >= 0.3 is 5.97 Å². The summed E-state index contributed by atoms with van der Waals surface area (Å²) in [6.07, 6.45) is 0.935. The predicted octanol–water partition coefficient (Wildman–Crippen LogP) is 2.08. The van der Waals surface area contributed by atoms with Gasteiger partial charge in [-0.25, -0.2) is 4.79 Å². The topological polar surface area (TPSA) is 56.2 Å². The van der Waals surface area contributed by atoms with E-state index in [4.69, 9.17) is 16.3 Å². The average molecular weight is 288 g/mol. The molecule has 108 valence electrons. The van der Waals surface area contributed by atoms with Crippen molar-refractivity contribution in [1.29, 1.82) is 0 Å². The number of aryl methyl sites for hydroxylation is 1. The van der Waals surface area contributed by atoms with Crippen LogP contribution in [0.4, 0.5) is 0 Å². The van der Waals surface area contributed by atoms with Gasteiger partial charge in [0, 0.05) is 0 Å². The molecule has 0 saturated heterocycles. The zero-order valence-electron chi connectivity index (χ0n) is 12.2. The summed E-state index contributed by atoms with van der Waals surface area (Å²) in [7, 11) is 1.39. The van der Waals surface area contributed by atoms with Crippen LogP contribution in [0.15, 0.2) is 0 Å². The summed E-state index contributed by atoms with van der Waals surface area (Å²) in [5.74, 6) is -0.301. The van der Waals surface area contributed by atoms with Crippen molar-refractivity contribution in [2.24, 2.45) is 0 Å². The fourth-order valence-corrected chi connectivity index (χ4v) is 2.08. The highest BCUT2D eigenvalue weighted by Crippen LogP contribution is 2.21. The second-order valence-electron chi connectivity index (χ2n) is 4.89. The van der Waals surface area contributed by atoms with Crippen molar-refractivity contribution >= 4 is 17.6 Å². The Kier molecular flexibility index (Phi) is 5.38. The number of hydrogen-bond acceptors (Lipinski definition) is 4. The number of halogens is 1. The van der Waals surface area contributed by atoms with E-state index in [2.05, 4.69) is 10.4 Å². The van der Waals surface area contributed by atoms with Gasteiger partial charge in [0.2, 0.25) is 0 Å². The van der Waals surface area contributed by atoms with E-state index in [9.17, 15) is 4.79 Å². The molecule has 0 fully saturated rings. The maximum absolute atomic E-state index is 12.0. The lowest BCUT2D eigenvalue weighted by atomic mass is 10.0. The molecule has 0 radical (unpaired) electrons. The third-order valence-corrected chi connectivity index (χ3v) is 3.71. The molecule has 1 atom stereocenters. The Morgan fingerprint density at radius 3 is 2.58 bits per heavy atom. The van der Waals surface area contributed by atoms with Crippen molar-refractivity contribution in [3.8, 4) is 0 Å². The Balaban J connectivity index is 3.00. The zero-order chi connectivity index (χ0) is 14.6. The highest BCUT2D eigenvalue weighted by molar-refractivity contribution is 6.31. The SMILES string of the molecule is CCCNC(C)(Cn1nc(C)c(Cl)c1C)C(=O)OC. The molecule has 0 aromatic carbocycles. The highest BCUT2D eigenvalue weighted by Gasteiger charge is 2.35. The average Bonchev–Trinajstić information content (AvgIpc) is 2.63. The zero-order valence-corrected chi connectivity index (χ0v) is 13.0. The van der Waals surface area contributed by atoms with E-state index >= 15 is 0 Å². The van der Waals surface area contributed by atoms with Gasteiger partial charge in [-0.3, -0.25) is 4.68 Å². The van der Waals surface area contributed by atoms with Crippen LogP contribution in [0.1, 0.15) is 31.7 Å². The summed E-state index contributed by atoms with van der Waals surface area (Å²) in [6.45, 7) is 8.72. The van der Waals surface area contributed by atoms with E-state index in [1.807, 2.05) is 27.7 Å². The van der Waals surface area contributed by atoms with E-state index in [0.29, 0.717) is 11.6 Å². The summed E-state index contributed by atoms with van der Waals surface area (Å²) >= 11 is 6.13. The number of nitrogens with zero attached hydrogens (tertiary/aromatic N) is 2. The lowest BCUT2D eigenvalue weighted by Gasteiger charge is -2.28. The van der Waals surface area contributed by atoms with E-state index in [1.54, 1.807) is 4.68 Å². The molecular weight excluding hydrogens is 266 g/mol. The molecule has 1 aromatic heterocycles. The maximum atomic E-state index is 12.0. The Labute approximate surface area is 119 Å².